The van der Waals surface area contributed by atoms with E-state index in [4.69, 9.17) is 10.5 Å². The van der Waals surface area contributed by atoms with Gasteiger partial charge in [-0.2, -0.15) is 0 Å². The SMILES string of the molecule is COCC[C@@]1(N(C=O)CCN)CNC[C@H](C(=O)c2ccccc2)[C@@H]1c1cccc(F)c1C. The smallest absolute Gasteiger partial charge is 0.210 e. The molecule has 0 spiro atoms. The van der Waals surface area contributed by atoms with Gasteiger partial charge in [0.2, 0.25) is 6.41 Å². The van der Waals surface area contributed by atoms with Gasteiger partial charge in [-0.05, 0) is 30.5 Å². The highest BCUT2D eigenvalue weighted by atomic mass is 19.1. The Morgan fingerprint density at radius 2 is 2.03 bits per heavy atom. The van der Waals surface area contributed by atoms with Gasteiger partial charge in [-0.15, -0.1) is 0 Å². The summed E-state index contributed by atoms with van der Waals surface area (Å²) in [5, 5.41) is 3.38. The second kappa shape index (κ2) is 10.8. The topological polar surface area (TPSA) is 84.7 Å². The summed E-state index contributed by atoms with van der Waals surface area (Å²) in [5.74, 6) is -1.29. The predicted molar refractivity (Wildman–Crippen MR) is 122 cm³/mol. The largest absolute Gasteiger partial charge is 0.385 e. The van der Waals surface area contributed by atoms with Crippen LogP contribution in [-0.4, -0.2) is 62.5 Å². The van der Waals surface area contributed by atoms with Crippen LogP contribution in [0.25, 0.3) is 0 Å². The number of hydrogen-bond acceptors (Lipinski definition) is 5. The lowest BCUT2D eigenvalue weighted by atomic mass is 9.64. The van der Waals surface area contributed by atoms with Gasteiger partial charge in [0.25, 0.3) is 0 Å². The van der Waals surface area contributed by atoms with Crippen molar-refractivity contribution in [2.24, 2.45) is 11.7 Å². The average Bonchev–Trinajstić information content (AvgIpc) is 2.83. The normalized spacial score (nSPS) is 23.0. The summed E-state index contributed by atoms with van der Waals surface area (Å²) in [5.41, 5.74) is 6.86. The van der Waals surface area contributed by atoms with Crippen molar-refractivity contribution in [1.29, 1.82) is 0 Å². The summed E-state index contributed by atoms with van der Waals surface area (Å²) < 4.78 is 20.1. The number of carbonyl (C=O) groups is 2. The highest BCUT2D eigenvalue weighted by molar-refractivity contribution is 5.99. The van der Waals surface area contributed by atoms with Crippen molar-refractivity contribution < 1.29 is 18.7 Å². The van der Waals surface area contributed by atoms with Crippen LogP contribution in [-0.2, 0) is 9.53 Å². The minimum Gasteiger partial charge on any atom is -0.385 e. The Morgan fingerprint density at radius 3 is 2.69 bits per heavy atom. The first-order valence-electron chi connectivity index (χ1n) is 11.0. The van der Waals surface area contributed by atoms with Crippen molar-refractivity contribution in [3.63, 3.8) is 0 Å². The summed E-state index contributed by atoms with van der Waals surface area (Å²) in [6, 6.07) is 14.1. The van der Waals surface area contributed by atoms with E-state index >= 15 is 0 Å². The van der Waals surface area contributed by atoms with E-state index in [0.29, 0.717) is 43.8 Å². The van der Waals surface area contributed by atoms with Gasteiger partial charge in [-0.25, -0.2) is 4.39 Å². The molecule has 0 aliphatic carbocycles. The number of methoxy groups -OCH3 is 1. The molecule has 3 rings (SSSR count). The summed E-state index contributed by atoms with van der Waals surface area (Å²) in [6.07, 6.45) is 1.27. The van der Waals surface area contributed by atoms with Crippen molar-refractivity contribution in [2.45, 2.75) is 24.8 Å². The van der Waals surface area contributed by atoms with Crippen molar-refractivity contribution in [3.8, 4) is 0 Å². The zero-order chi connectivity index (χ0) is 23.1. The number of nitrogens with two attached hydrogens (primary N) is 1. The zero-order valence-corrected chi connectivity index (χ0v) is 18.7. The van der Waals surface area contributed by atoms with E-state index in [9.17, 15) is 14.0 Å². The van der Waals surface area contributed by atoms with E-state index in [1.165, 1.54) is 6.07 Å². The summed E-state index contributed by atoms with van der Waals surface area (Å²) in [4.78, 5) is 27.7. The minimum absolute atomic E-state index is 0.0353. The first-order valence-corrected chi connectivity index (χ1v) is 11.0. The molecule has 0 aromatic heterocycles. The fourth-order valence-electron chi connectivity index (χ4n) is 5.04. The first kappa shape index (κ1) is 24.0. The van der Waals surface area contributed by atoms with E-state index < -0.39 is 17.4 Å². The predicted octanol–water partition coefficient (Wildman–Crippen LogP) is 2.51. The van der Waals surface area contributed by atoms with E-state index in [1.54, 1.807) is 37.1 Å². The molecule has 1 aliphatic heterocycles. The van der Waals surface area contributed by atoms with Crippen LogP contribution < -0.4 is 11.1 Å². The Bertz CT molecular complexity index is 924. The molecule has 2 aromatic rings. The summed E-state index contributed by atoms with van der Waals surface area (Å²) >= 11 is 0. The van der Waals surface area contributed by atoms with E-state index in [-0.39, 0.29) is 18.1 Å². The second-order valence-electron chi connectivity index (χ2n) is 8.33. The molecule has 2 aromatic carbocycles. The van der Waals surface area contributed by atoms with Crippen molar-refractivity contribution in [1.82, 2.24) is 10.2 Å². The number of benzene rings is 2. The van der Waals surface area contributed by atoms with Gasteiger partial charge in [0.1, 0.15) is 5.82 Å². The maximum absolute atomic E-state index is 14.7. The Hall–Kier alpha value is -2.61. The maximum atomic E-state index is 14.7. The standard InChI is InChI=1S/C25H32FN3O3/c1-18-20(9-6-10-22(18)26)23-21(24(31)19-7-4-3-5-8-19)15-28-16-25(23,11-14-32-2)29(17-30)13-12-27/h3-10,17,21,23,28H,11-16,27H2,1-2H3/t21-,23-,25+/m0/s1. The number of carbonyl (C=O) groups excluding carboxylic acids is 2. The fraction of sp³-hybridized carbons (Fsp3) is 0.440. The molecule has 172 valence electrons. The number of Topliss-reactive ketones (excluding diaryl/α,β-unsaturated/α-hetero) is 1. The molecule has 0 radical (unpaired) electrons. The second-order valence-corrected chi connectivity index (χ2v) is 8.33. The Labute approximate surface area is 188 Å². The third kappa shape index (κ3) is 4.60. The fourth-order valence-corrected chi connectivity index (χ4v) is 5.04. The molecule has 1 amide bonds. The molecule has 1 heterocycles. The molecule has 0 saturated carbocycles. The molecular formula is C25H32FN3O3. The monoisotopic (exact) mass is 441 g/mol. The number of halogens is 1. The first-order chi connectivity index (χ1) is 15.5. The number of piperidine rings is 1. The third-order valence-electron chi connectivity index (χ3n) is 6.62. The lowest BCUT2D eigenvalue weighted by Gasteiger charge is -2.53. The number of nitrogens with zero attached hydrogens (tertiary/aromatic N) is 1. The molecule has 3 atom stereocenters. The number of rotatable bonds is 10. The van der Waals surface area contributed by atoms with Crippen LogP contribution in [0.1, 0.15) is 33.8 Å². The van der Waals surface area contributed by atoms with Gasteiger partial charge in [0.05, 0.1) is 5.54 Å². The van der Waals surface area contributed by atoms with Crippen molar-refractivity contribution in [3.05, 3.63) is 71.0 Å². The number of ketones is 1. The van der Waals surface area contributed by atoms with Crippen LogP contribution in [0.5, 0.6) is 0 Å². The van der Waals surface area contributed by atoms with Crippen LogP contribution in [0.2, 0.25) is 0 Å². The van der Waals surface area contributed by atoms with Crippen LogP contribution in [0.4, 0.5) is 4.39 Å². The number of ether oxygens (including phenoxy) is 1. The zero-order valence-electron chi connectivity index (χ0n) is 18.7. The lowest BCUT2D eigenvalue weighted by molar-refractivity contribution is -0.127. The number of hydrogen-bond donors (Lipinski definition) is 2. The van der Waals surface area contributed by atoms with Crippen LogP contribution in [0.3, 0.4) is 0 Å². The molecule has 7 heteroatoms. The lowest BCUT2D eigenvalue weighted by Crippen LogP contribution is -2.66. The molecular weight excluding hydrogens is 409 g/mol. The van der Waals surface area contributed by atoms with E-state index in [1.807, 2.05) is 24.3 Å². The van der Waals surface area contributed by atoms with Crippen LogP contribution in [0.15, 0.2) is 48.5 Å². The minimum atomic E-state index is -0.803. The summed E-state index contributed by atoms with van der Waals surface area (Å²) in [6.45, 7) is 3.60. The van der Waals surface area contributed by atoms with E-state index in [0.717, 1.165) is 12.0 Å². The average molecular weight is 442 g/mol. The molecule has 0 unspecified atom stereocenters. The third-order valence-corrected chi connectivity index (χ3v) is 6.62. The number of amides is 1. The van der Waals surface area contributed by atoms with E-state index in [2.05, 4.69) is 5.32 Å². The highest BCUT2D eigenvalue weighted by Gasteiger charge is 2.52. The quantitative estimate of drug-likeness (QED) is 0.437. The van der Waals surface area contributed by atoms with Crippen molar-refractivity contribution >= 4 is 12.2 Å². The molecule has 3 N–H and O–H groups in total. The molecule has 6 nitrogen and oxygen atoms in total. The molecule has 32 heavy (non-hydrogen) atoms. The van der Waals surface area contributed by atoms with Gasteiger partial charge in [-0.3, -0.25) is 9.59 Å². The Balaban J connectivity index is 2.22. The Kier molecular flexibility index (Phi) is 8.12. The van der Waals surface area contributed by atoms with Crippen LogP contribution in [0, 0.1) is 18.7 Å². The molecule has 0 bridgehead atoms. The highest BCUT2D eigenvalue weighted by Crippen LogP contribution is 2.45. The molecule has 1 saturated heterocycles. The molecule has 1 fully saturated rings. The van der Waals surface area contributed by atoms with Crippen LogP contribution >= 0.6 is 0 Å². The number of nitrogens with one attached hydrogen (secondary N) is 1. The summed E-state index contributed by atoms with van der Waals surface area (Å²) in [7, 11) is 1.60. The van der Waals surface area contributed by atoms with Gasteiger partial charge in [0.15, 0.2) is 5.78 Å². The van der Waals surface area contributed by atoms with Crippen molar-refractivity contribution in [2.75, 3.05) is 39.9 Å². The molecule has 1 aliphatic rings. The maximum Gasteiger partial charge on any atom is 0.210 e. The van der Waals surface area contributed by atoms with Gasteiger partial charge in [0, 0.05) is 57.3 Å². The van der Waals surface area contributed by atoms with Gasteiger partial charge in [-0.1, -0.05) is 42.5 Å². The van der Waals surface area contributed by atoms with Gasteiger partial charge >= 0.3 is 0 Å². The van der Waals surface area contributed by atoms with Gasteiger partial charge < -0.3 is 20.7 Å². The Morgan fingerprint density at radius 1 is 1.28 bits per heavy atom.